The van der Waals surface area contributed by atoms with E-state index in [-0.39, 0.29) is 18.1 Å². The minimum absolute atomic E-state index is 0.0107. The van der Waals surface area contributed by atoms with E-state index in [1.54, 1.807) is 127 Å². The van der Waals surface area contributed by atoms with Gasteiger partial charge in [-0.3, -0.25) is 4.98 Å². The molecule has 10 nitrogen and oxygen atoms in total. The highest BCUT2D eigenvalue weighted by Crippen LogP contribution is 2.70. The average Bonchev–Trinajstić information content (AvgIpc) is 3.01. The van der Waals surface area contributed by atoms with Gasteiger partial charge >= 0.3 is 22.1 Å². The summed E-state index contributed by atoms with van der Waals surface area (Å²) in [6.45, 7) is 11.9. The van der Waals surface area contributed by atoms with Crippen molar-refractivity contribution in [2.24, 2.45) is 0 Å². The first kappa shape index (κ1) is 36.4. The number of ether oxygens (including phenoxy) is 4. The van der Waals surface area contributed by atoms with Crippen molar-refractivity contribution in [1.82, 2.24) is 4.98 Å². The summed E-state index contributed by atoms with van der Waals surface area (Å²) in [7, 11) is -7.39. The van der Waals surface area contributed by atoms with Crippen molar-refractivity contribution in [2.45, 2.75) is 79.3 Å². The van der Waals surface area contributed by atoms with Crippen LogP contribution in [0.15, 0.2) is 117 Å². The number of aryl methyl sites for hydroxylation is 1. The van der Waals surface area contributed by atoms with E-state index in [4.69, 9.17) is 22.6 Å². The summed E-state index contributed by atoms with van der Waals surface area (Å²) in [6, 6.07) is 23.2. The Morgan fingerprint density at radius 1 is 0.625 bits per heavy atom. The smallest absolute Gasteiger partial charge is 0.344 e. The maximum Gasteiger partial charge on any atom is 0.344 e. The standard InChI is InChI=1S/C36H41NO9S2/c1-26-10-16-31(17-11-26)48(40,41)46-47(32-9-8-22-37-23-32,29-18-12-27(13-19-29)42-24-33(38)44-35(2,3)4)30-20-14-28(15-21-30)43-25-34(39)45-36(5,6)7/h8-23H,24-25H2,1-7H3. The summed E-state index contributed by atoms with van der Waals surface area (Å²) in [6.07, 6.45) is 3.16. The highest BCUT2D eigenvalue weighted by molar-refractivity contribution is 8.33. The van der Waals surface area contributed by atoms with Crippen molar-refractivity contribution in [3.8, 4) is 11.5 Å². The zero-order valence-electron chi connectivity index (χ0n) is 28.1. The van der Waals surface area contributed by atoms with Crippen LogP contribution in [-0.2, 0) is 32.8 Å². The van der Waals surface area contributed by atoms with E-state index < -0.39 is 43.6 Å². The minimum atomic E-state index is -4.35. The fourth-order valence-electron chi connectivity index (χ4n) is 4.40. The van der Waals surface area contributed by atoms with Gasteiger partial charge in [-0.2, -0.15) is 8.42 Å². The Morgan fingerprint density at radius 2 is 1.06 bits per heavy atom. The molecule has 1 heterocycles. The zero-order chi connectivity index (χ0) is 35.2. The Bertz CT molecular complexity index is 1720. The summed E-state index contributed by atoms with van der Waals surface area (Å²) < 4.78 is 56.4. The van der Waals surface area contributed by atoms with Crippen molar-refractivity contribution >= 4 is 32.4 Å². The molecule has 12 heteroatoms. The van der Waals surface area contributed by atoms with Gasteiger partial charge in [-0.05, 0) is 132 Å². The molecule has 4 rings (SSSR count). The number of hydrogen-bond acceptors (Lipinski definition) is 10. The third-order valence-electron chi connectivity index (χ3n) is 6.33. The molecule has 1 aromatic heterocycles. The Morgan fingerprint density at radius 3 is 1.46 bits per heavy atom. The summed E-state index contributed by atoms with van der Waals surface area (Å²) in [5.74, 6) is -0.306. The molecule has 0 fully saturated rings. The molecule has 0 amide bonds. The Kier molecular flexibility index (Phi) is 11.2. The van der Waals surface area contributed by atoms with Crippen LogP contribution in [0.3, 0.4) is 0 Å². The first-order valence-corrected chi connectivity index (χ1v) is 18.1. The van der Waals surface area contributed by atoms with Gasteiger partial charge in [0.2, 0.25) is 0 Å². The SMILES string of the molecule is Cc1ccc(S(=O)(=O)OS(c2ccc(OCC(=O)OC(C)(C)C)cc2)(c2ccc(OCC(=O)OC(C)(C)C)cc2)c2cccnc2)cc1. The second-order valence-electron chi connectivity index (χ2n) is 12.8. The van der Waals surface area contributed by atoms with Crippen molar-refractivity contribution in [2.75, 3.05) is 13.2 Å². The van der Waals surface area contributed by atoms with Gasteiger partial charge in [0.15, 0.2) is 13.2 Å². The van der Waals surface area contributed by atoms with Gasteiger partial charge < -0.3 is 18.9 Å². The fraction of sp³-hybridized carbons (Fsp3) is 0.306. The summed E-state index contributed by atoms with van der Waals surface area (Å²) in [5, 5.41) is 0. The molecule has 0 saturated carbocycles. The average molecular weight is 696 g/mol. The number of pyridine rings is 1. The second-order valence-corrected chi connectivity index (χ2v) is 17.2. The van der Waals surface area contributed by atoms with Gasteiger partial charge in [0, 0.05) is 27.1 Å². The van der Waals surface area contributed by atoms with Crippen LogP contribution < -0.4 is 9.47 Å². The molecule has 0 bridgehead atoms. The number of nitrogens with zero attached hydrogens (tertiary/aromatic N) is 1. The second kappa shape index (κ2) is 14.8. The van der Waals surface area contributed by atoms with Crippen LogP contribution in [0.25, 0.3) is 0 Å². The molecule has 0 aliphatic rings. The van der Waals surface area contributed by atoms with Crippen LogP contribution in [0, 0.1) is 6.92 Å². The molecule has 4 aromatic rings. The van der Waals surface area contributed by atoms with E-state index in [9.17, 15) is 18.0 Å². The normalized spacial score (nSPS) is 12.6. The van der Waals surface area contributed by atoms with Gasteiger partial charge in [0.25, 0.3) is 0 Å². The summed E-state index contributed by atoms with van der Waals surface area (Å²) in [4.78, 5) is 30.3. The number of carbonyl (C=O) groups is 2. The van der Waals surface area contributed by atoms with Crippen LogP contribution in [0.5, 0.6) is 11.5 Å². The number of aromatic nitrogens is 1. The van der Waals surface area contributed by atoms with Crippen LogP contribution in [0.2, 0.25) is 0 Å². The van der Waals surface area contributed by atoms with E-state index in [1.165, 1.54) is 12.1 Å². The maximum absolute atomic E-state index is 14.0. The minimum Gasteiger partial charge on any atom is -0.482 e. The van der Waals surface area contributed by atoms with Gasteiger partial charge in [-0.1, -0.05) is 17.7 Å². The summed E-state index contributed by atoms with van der Waals surface area (Å²) in [5.41, 5.74) is -0.426. The van der Waals surface area contributed by atoms with Gasteiger partial charge in [0.1, 0.15) is 22.7 Å². The number of carbonyl (C=O) groups excluding carboxylic acids is 2. The molecule has 0 saturated heterocycles. The predicted octanol–water partition coefficient (Wildman–Crippen LogP) is 7.43. The Hall–Kier alpha value is -4.39. The van der Waals surface area contributed by atoms with E-state index in [0.717, 1.165) is 5.56 Å². The first-order valence-electron chi connectivity index (χ1n) is 15.1. The van der Waals surface area contributed by atoms with E-state index >= 15 is 0 Å². The molecular weight excluding hydrogens is 655 g/mol. The Labute approximate surface area is 284 Å². The van der Waals surface area contributed by atoms with Gasteiger partial charge in [0.05, 0.1) is 4.90 Å². The molecular formula is C36H41NO9S2. The van der Waals surface area contributed by atoms with Crippen molar-refractivity contribution in [1.29, 1.82) is 0 Å². The number of hydrogen-bond donors (Lipinski definition) is 0. The van der Waals surface area contributed by atoms with E-state index in [1.807, 2.05) is 6.92 Å². The van der Waals surface area contributed by atoms with Crippen molar-refractivity contribution in [3.05, 3.63) is 103 Å². The highest BCUT2D eigenvalue weighted by atomic mass is 32.3. The number of esters is 2. The highest BCUT2D eigenvalue weighted by Gasteiger charge is 2.39. The lowest BCUT2D eigenvalue weighted by atomic mass is 10.2. The molecule has 256 valence electrons. The van der Waals surface area contributed by atoms with E-state index in [0.29, 0.717) is 26.2 Å². The van der Waals surface area contributed by atoms with E-state index in [2.05, 4.69) is 4.98 Å². The van der Waals surface area contributed by atoms with Crippen molar-refractivity contribution in [3.63, 3.8) is 0 Å². The Balaban J connectivity index is 1.77. The third kappa shape index (κ3) is 9.82. The van der Waals surface area contributed by atoms with Crippen molar-refractivity contribution < 1.29 is 40.6 Å². The quantitative estimate of drug-likeness (QED) is 0.138. The number of rotatable bonds is 12. The molecule has 0 unspecified atom stereocenters. The molecule has 0 spiro atoms. The molecule has 0 aliphatic carbocycles. The predicted molar refractivity (Wildman–Crippen MR) is 182 cm³/mol. The lowest BCUT2D eigenvalue weighted by Gasteiger charge is -2.39. The van der Waals surface area contributed by atoms with Crippen LogP contribution in [0.1, 0.15) is 47.1 Å². The number of benzene rings is 3. The fourth-order valence-corrected chi connectivity index (χ4v) is 9.54. The molecule has 0 aliphatic heterocycles. The molecule has 3 aromatic carbocycles. The molecule has 48 heavy (non-hydrogen) atoms. The molecule has 0 atom stereocenters. The first-order chi connectivity index (χ1) is 22.5. The van der Waals surface area contributed by atoms with Crippen LogP contribution >= 0.6 is 10.3 Å². The van der Waals surface area contributed by atoms with Crippen LogP contribution in [0.4, 0.5) is 0 Å². The van der Waals surface area contributed by atoms with Gasteiger partial charge in [-0.25, -0.2) is 13.2 Å². The van der Waals surface area contributed by atoms with Crippen LogP contribution in [-0.4, -0.2) is 49.8 Å². The van der Waals surface area contributed by atoms with Gasteiger partial charge in [-0.15, -0.1) is 0 Å². The lowest BCUT2D eigenvalue weighted by molar-refractivity contribution is -0.158. The monoisotopic (exact) mass is 695 g/mol. The lowest BCUT2D eigenvalue weighted by Crippen LogP contribution is -2.27. The third-order valence-corrected chi connectivity index (χ3v) is 11.5. The maximum atomic E-state index is 14.0. The summed E-state index contributed by atoms with van der Waals surface area (Å²) >= 11 is 0. The zero-order valence-corrected chi connectivity index (χ0v) is 29.7. The molecule has 0 N–H and O–H groups in total. The molecule has 0 radical (unpaired) electrons. The largest absolute Gasteiger partial charge is 0.482 e. The topological polar surface area (TPSA) is 127 Å².